The van der Waals surface area contributed by atoms with Crippen molar-refractivity contribution in [3.8, 4) is 11.5 Å². The Kier molecular flexibility index (Phi) is 1.87. The lowest BCUT2D eigenvalue weighted by molar-refractivity contribution is -0.138. The van der Waals surface area contributed by atoms with Crippen LogP contribution in [0, 0.1) is 6.07 Å². The molecule has 0 aliphatic heterocycles. The second-order valence-electron chi connectivity index (χ2n) is 2.09. The predicted molar refractivity (Wildman–Crippen MR) is 33.6 cm³/mol. The molecule has 1 radical (unpaired) electrons. The molecule has 0 unspecified atom stereocenters. The molecule has 65 valence electrons. The average Bonchev–Trinajstić information content (AvgIpc) is 1.92. The smallest absolute Gasteiger partial charge is 0.420 e. The normalized spacial score (nSPS) is 11.6. The monoisotopic (exact) mass is 177 g/mol. The highest BCUT2D eigenvalue weighted by molar-refractivity contribution is 5.44. The van der Waals surface area contributed by atoms with Crippen LogP contribution in [0.15, 0.2) is 12.1 Å². The number of halogens is 3. The van der Waals surface area contributed by atoms with Gasteiger partial charge in [0.1, 0.15) is 5.56 Å². The lowest BCUT2D eigenvalue weighted by atomic mass is 10.2. The molecule has 0 fully saturated rings. The zero-order chi connectivity index (χ0) is 9.35. The third kappa shape index (κ3) is 1.44. The number of aromatic hydroxyl groups is 2. The molecule has 0 bridgehead atoms. The maximum absolute atomic E-state index is 11.9. The largest absolute Gasteiger partial charge is 0.504 e. The minimum absolute atomic E-state index is 0.634. The minimum Gasteiger partial charge on any atom is -0.504 e. The van der Waals surface area contributed by atoms with Crippen LogP contribution in [0.4, 0.5) is 13.2 Å². The van der Waals surface area contributed by atoms with E-state index in [0.717, 1.165) is 6.07 Å². The van der Waals surface area contributed by atoms with Crippen molar-refractivity contribution >= 4 is 0 Å². The zero-order valence-electron chi connectivity index (χ0n) is 5.68. The van der Waals surface area contributed by atoms with E-state index in [-0.39, 0.29) is 0 Å². The third-order valence-corrected chi connectivity index (χ3v) is 1.25. The van der Waals surface area contributed by atoms with Crippen LogP contribution in [0.2, 0.25) is 0 Å². The zero-order valence-corrected chi connectivity index (χ0v) is 5.68. The van der Waals surface area contributed by atoms with Gasteiger partial charge in [0, 0.05) is 6.07 Å². The first-order chi connectivity index (χ1) is 5.43. The van der Waals surface area contributed by atoms with Gasteiger partial charge in [-0.3, -0.25) is 0 Å². The van der Waals surface area contributed by atoms with Gasteiger partial charge in [-0.05, 0) is 12.1 Å². The number of hydrogen-bond donors (Lipinski definition) is 2. The number of phenolic OH excluding ortho intramolecular Hbond substituents is 2. The summed E-state index contributed by atoms with van der Waals surface area (Å²) < 4.78 is 35.8. The van der Waals surface area contributed by atoms with Gasteiger partial charge in [0.05, 0.1) is 0 Å². The van der Waals surface area contributed by atoms with E-state index in [4.69, 9.17) is 10.2 Å². The molecule has 1 aromatic rings. The Morgan fingerprint density at radius 3 is 2.25 bits per heavy atom. The molecule has 0 aliphatic rings. The number of alkyl halides is 3. The molecule has 12 heavy (non-hydrogen) atoms. The quantitative estimate of drug-likeness (QED) is 0.594. The Balaban J connectivity index is 3.26. The number of benzene rings is 1. The van der Waals surface area contributed by atoms with E-state index in [1.807, 2.05) is 6.07 Å². The van der Waals surface area contributed by atoms with Crippen LogP contribution >= 0.6 is 0 Å². The Labute approximate surface area is 65.9 Å². The first-order valence-electron chi connectivity index (χ1n) is 2.92. The Morgan fingerprint density at radius 2 is 1.83 bits per heavy atom. The molecule has 0 saturated heterocycles. The molecule has 1 aromatic carbocycles. The van der Waals surface area contributed by atoms with Gasteiger partial charge in [-0.1, -0.05) is 0 Å². The fourth-order valence-corrected chi connectivity index (χ4v) is 0.708. The van der Waals surface area contributed by atoms with Crippen LogP contribution in [-0.4, -0.2) is 10.2 Å². The van der Waals surface area contributed by atoms with Gasteiger partial charge in [-0.15, -0.1) is 0 Å². The molecular formula is C7H4F3O2. The molecule has 0 heterocycles. The van der Waals surface area contributed by atoms with E-state index < -0.39 is 23.2 Å². The van der Waals surface area contributed by atoms with Gasteiger partial charge in [0.2, 0.25) is 0 Å². The maximum Gasteiger partial charge on any atom is 0.420 e. The van der Waals surface area contributed by atoms with Crippen molar-refractivity contribution in [3.63, 3.8) is 0 Å². The molecule has 2 nitrogen and oxygen atoms in total. The summed E-state index contributed by atoms with van der Waals surface area (Å²) in [4.78, 5) is 0. The molecule has 0 amide bonds. The van der Waals surface area contributed by atoms with Crippen LogP contribution in [-0.2, 0) is 6.18 Å². The number of rotatable bonds is 0. The summed E-state index contributed by atoms with van der Waals surface area (Å²) in [6.45, 7) is 0. The van der Waals surface area contributed by atoms with E-state index in [0.29, 0.717) is 6.07 Å². The van der Waals surface area contributed by atoms with Crippen molar-refractivity contribution in [1.29, 1.82) is 0 Å². The topological polar surface area (TPSA) is 40.5 Å². The van der Waals surface area contributed by atoms with E-state index in [9.17, 15) is 13.2 Å². The molecule has 1 rings (SSSR count). The van der Waals surface area contributed by atoms with Crippen molar-refractivity contribution in [2.45, 2.75) is 6.18 Å². The average molecular weight is 177 g/mol. The summed E-state index contributed by atoms with van der Waals surface area (Å²) in [5.74, 6) is -2.09. The molecular weight excluding hydrogens is 173 g/mol. The minimum atomic E-state index is -4.66. The highest BCUT2D eigenvalue weighted by Gasteiger charge is 2.34. The molecule has 0 spiro atoms. The van der Waals surface area contributed by atoms with Crippen molar-refractivity contribution < 1.29 is 23.4 Å². The van der Waals surface area contributed by atoms with Crippen molar-refractivity contribution in [2.24, 2.45) is 0 Å². The molecule has 2 N–H and O–H groups in total. The first-order valence-corrected chi connectivity index (χ1v) is 2.92. The van der Waals surface area contributed by atoms with Gasteiger partial charge in [-0.2, -0.15) is 13.2 Å². The highest BCUT2D eigenvalue weighted by Crippen LogP contribution is 2.39. The van der Waals surface area contributed by atoms with Crippen LogP contribution in [0.1, 0.15) is 5.56 Å². The molecule has 5 heteroatoms. The lowest BCUT2D eigenvalue weighted by Crippen LogP contribution is -2.04. The Morgan fingerprint density at radius 1 is 1.25 bits per heavy atom. The summed E-state index contributed by atoms with van der Waals surface area (Å²) >= 11 is 0. The van der Waals surface area contributed by atoms with E-state index in [1.54, 1.807) is 0 Å². The highest BCUT2D eigenvalue weighted by atomic mass is 19.4. The molecule has 0 saturated carbocycles. The standard InChI is InChI=1S/C7H4F3O2/c8-7(9,10)4-2-1-3-5(11)6(4)12/h1-2,11-12H. The predicted octanol–water partition coefficient (Wildman–Crippen LogP) is 1.92. The van der Waals surface area contributed by atoms with Crippen LogP contribution in [0.25, 0.3) is 0 Å². The van der Waals surface area contributed by atoms with Crippen LogP contribution in [0.3, 0.4) is 0 Å². The van der Waals surface area contributed by atoms with Crippen molar-refractivity contribution in [3.05, 3.63) is 23.8 Å². The molecule has 0 atom stereocenters. The Bertz CT molecular complexity index is 293. The maximum atomic E-state index is 11.9. The van der Waals surface area contributed by atoms with E-state index in [2.05, 4.69) is 0 Å². The number of hydrogen-bond acceptors (Lipinski definition) is 2. The van der Waals surface area contributed by atoms with E-state index in [1.165, 1.54) is 0 Å². The second kappa shape index (κ2) is 2.58. The van der Waals surface area contributed by atoms with Gasteiger partial charge >= 0.3 is 6.18 Å². The van der Waals surface area contributed by atoms with E-state index >= 15 is 0 Å². The van der Waals surface area contributed by atoms with Crippen molar-refractivity contribution in [2.75, 3.05) is 0 Å². The number of phenols is 2. The fourth-order valence-electron chi connectivity index (χ4n) is 0.708. The SMILES string of the molecule is Oc1[c]ccc(C(F)(F)F)c1O. The van der Waals surface area contributed by atoms with Gasteiger partial charge in [-0.25, -0.2) is 0 Å². The van der Waals surface area contributed by atoms with Gasteiger partial charge in [0.15, 0.2) is 11.5 Å². The first kappa shape index (κ1) is 8.70. The lowest BCUT2D eigenvalue weighted by Gasteiger charge is -2.08. The van der Waals surface area contributed by atoms with Gasteiger partial charge in [0.25, 0.3) is 0 Å². The van der Waals surface area contributed by atoms with Gasteiger partial charge < -0.3 is 10.2 Å². The fraction of sp³-hybridized carbons (Fsp3) is 0.143. The summed E-state index contributed by atoms with van der Waals surface area (Å²) in [5.41, 5.74) is -1.27. The van der Waals surface area contributed by atoms with Crippen LogP contribution < -0.4 is 0 Å². The van der Waals surface area contributed by atoms with Crippen LogP contribution in [0.5, 0.6) is 11.5 Å². The second-order valence-corrected chi connectivity index (χ2v) is 2.09. The summed E-state index contributed by atoms with van der Waals surface area (Å²) in [6.07, 6.45) is -4.66. The summed E-state index contributed by atoms with van der Waals surface area (Å²) in [5, 5.41) is 17.4. The summed E-state index contributed by atoms with van der Waals surface area (Å²) in [6, 6.07) is 3.54. The Hall–Kier alpha value is -1.39. The molecule has 0 aromatic heterocycles. The third-order valence-electron chi connectivity index (χ3n) is 1.25. The van der Waals surface area contributed by atoms with Crippen molar-refractivity contribution in [1.82, 2.24) is 0 Å². The molecule has 0 aliphatic carbocycles. The summed E-state index contributed by atoms with van der Waals surface area (Å²) in [7, 11) is 0.